The van der Waals surface area contributed by atoms with Crippen LogP contribution >= 0.6 is 7.82 Å². The first-order valence-electron chi connectivity index (χ1n) is 14.2. The zero-order valence-electron chi connectivity index (χ0n) is 22.9. The Balaban J connectivity index is 1.62. The number of nitrogens with one attached hydrogen (secondary N) is 1. The van der Waals surface area contributed by atoms with Gasteiger partial charge in [-0.15, -0.1) is 0 Å². The summed E-state index contributed by atoms with van der Waals surface area (Å²) >= 11 is 0. The summed E-state index contributed by atoms with van der Waals surface area (Å²) in [4.78, 5) is 46.1. The summed E-state index contributed by atoms with van der Waals surface area (Å²) in [5.74, 6) is -0.193. The van der Waals surface area contributed by atoms with Gasteiger partial charge in [-0.25, -0.2) is 9.36 Å². The fraction of sp³-hybridized carbons (Fsp3) is 0.808. The van der Waals surface area contributed by atoms with Crippen molar-refractivity contribution in [3.63, 3.8) is 0 Å². The van der Waals surface area contributed by atoms with E-state index in [1.165, 1.54) is 82.9 Å². The van der Waals surface area contributed by atoms with Crippen LogP contribution in [0.1, 0.15) is 109 Å². The molecule has 0 bridgehead atoms. The Bertz CT molecular complexity index is 955. The van der Waals surface area contributed by atoms with Crippen LogP contribution in [0, 0.1) is 0 Å². The van der Waals surface area contributed by atoms with Crippen molar-refractivity contribution in [3.05, 3.63) is 22.7 Å². The Morgan fingerprint density at radius 3 is 2.03 bits per heavy atom. The maximum Gasteiger partial charge on any atom is 0.469 e. The molecular formula is C26H46N3O9P. The molecule has 0 radical (unpaired) electrons. The van der Waals surface area contributed by atoms with Crippen LogP contribution in [-0.4, -0.2) is 60.4 Å². The molecule has 4 atom stereocenters. The zero-order valence-corrected chi connectivity index (χ0v) is 23.8. The van der Waals surface area contributed by atoms with Crippen molar-refractivity contribution >= 4 is 19.5 Å². The smallest absolute Gasteiger partial charge is 0.387 e. The first-order valence-corrected chi connectivity index (χ1v) is 15.8. The number of hydrogen-bond donors (Lipinski definition) is 5. The van der Waals surface area contributed by atoms with Crippen molar-refractivity contribution in [2.24, 2.45) is 0 Å². The molecule has 39 heavy (non-hydrogen) atoms. The van der Waals surface area contributed by atoms with Crippen molar-refractivity contribution < 1.29 is 38.6 Å². The topological polar surface area (TPSA) is 180 Å². The van der Waals surface area contributed by atoms with Crippen molar-refractivity contribution in [1.29, 1.82) is 0 Å². The van der Waals surface area contributed by atoms with Gasteiger partial charge in [0.25, 0.3) is 0 Å². The molecule has 1 amide bonds. The van der Waals surface area contributed by atoms with Gasteiger partial charge in [0.15, 0.2) is 6.23 Å². The van der Waals surface area contributed by atoms with Gasteiger partial charge >= 0.3 is 13.5 Å². The van der Waals surface area contributed by atoms with E-state index in [0.29, 0.717) is 6.42 Å². The largest absolute Gasteiger partial charge is 0.469 e. The van der Waals surface area contributed by atoms with E-state index in [9.17, 15) is 24.4 Å². The molecular weight excluding hydrogens is 529 g/mol. The number of carbonyl (C=O) groups excluding carboxylic acids is 1. The second-order valence-electron chi connectivity index (χ2n) is 10.2. The molecule has 1 fully saturated rings. The van der Waals surface area contributed by atoms with E-state index in [0.717, 1.165) is 23.8 Å². The number of phosphoric ester groups is 1. The van der Waals surface area contributed by atoms with Gasteiger partial charge in [-0.1, -0.05) is 90.4 Å². The number of hydrogen-bond acceptors (Lipinski definition) is 8. The van der Waals surface area contributed by atoms with E-state index in [1.54, 1.807) is 0 Å². The fourth-order valence-electron chi connectivity index (χ4n) is 4.63. The van der Waals surface area contributed by atoms with Crippen molar-refractivity contribution in [1.82, 2.24) is 9.55 Å². The number of nitrogens with zero attached hydrogens (tertiary/aromatic N) is 2. The van der Waals surface area contributed by atoms with Gasteiger partial charge in [-0.2, -0.15) is 4.98 Å². The molecule has 2 heterocycles. The highest BCUT2D eigenvalue weighted by Crippen LogP contribution is 2.38. The van der Waals surface area contributed by atoms with Crippen LogP contribution in [0.2, 0.25) is 0 Å². The van der Waals surface area contributed by atoms with Crippen molar-refractivity contribution in [3.8, 4) is 0 Å². The van der Waals surface area contributed by atoms with Gasteiger partial charge < -0.3 is 30.1 Å². The second kappa shape index (κ2) is 17.9. The van der Waals surface area contributed by atoms with E-state index >= 15 is 0 Å². The first-order chi connectivity index (χ1) is 18.6. The van der Waals surface area contributed by atoms with Crippen LogP contribution < -0.4 is 11.0 Å². The Kier molecular flexibility index (Phi) is 15.4. The number of ether oxygens (including phenoxy) is 1. The van der Waals surface area contributed by atoms with Gasteiger partial charge in [-0.3, -0.25) is 13.9 Å². The summed E-state index contributed by atoms with van der Waals surface area (Å²) in [5.41, 5.74) is -0.836. The lowest BCUT2D eigenvalue weighted by Crippen LogP contribution is -2.36. The third kappa shape index (κ3) is 13.0. The molecule has 0 aromatic carbocycles. The van der Waals surface area contributed by atoms with Gasteiger partial charge in [0.05, 0.1) is 6.61 Å². The van der Waals surface area contributed by atoms with Crippen LogP contribution in [0.4, 0.5) is 5.82 Å². The highest BCUT2D eigenvalue weighted by Gasteiger charge is 2.45. The summed E-state index contributed by atoms with van der Waals surface area (Å²) in [6.45, 7) is 1.55. The molecule has 0 unspecified atom stereocenters. The number of carbonyl (C=O) groups is 1. The number of anilines is 1. The number of rotatable bonds is 20. The average Bonchev–Trinajstić information content (AvgIpc) is 3.16. The van der Waals surface area contributed by atoms with E-state index < -0.39 is 44.7 Å². The number of aromatic nitrogens is 2. The number of aliphatic hydroxyl groups is 2. The minimum atomic E-state index is -4.80. The summed E-state index contributed by atoms with van der Waals surface area (Å²) in [6.07, 6.45) is 13.1. The van der Waals surface area contributed by atoms with E-state index in [4.69, 9.17) is 14.5 Å². The van der Waals surface area contributed by atoms with Gasteiger partial charge in [-0.05, 0) is 12.5 Å². The molecule has 1 aliphatic heterocycles. The Hall–Kier alpha value is -1.66. The third-order valence-corrected chi connectivity index (χ3v) is 7.36. The monoisotopic (exact) mass is 575 g/mol. The van der Waals surface area contributed by atoms with E-state index in [1.807, 2.05) is 0 Å². The van der Waals surface area contributed by atoms with Gasteiger partial charge in [0.1, 0.15) is 24.1 Å². The molecule has 12 nitrogen and oxygen atoms in total. The minimum Gasteiger partial charge on any atom is -0.387 e. The SMILES string of the molecule is CCCCCCCCCCCCCCCCC(=O)Nc1ccn([C@@H]2O[C@H](COP(=O)(O)O)[C@@H](O)[C@H]2O)c(=O)n1. The molecule has 1 saturated heterocycles. The third-order valence-electron chi connectivity index (χ3n) is 6.87. The Morgan fingerprint density at radius 2 is 1.51 bits per heavy atom. The van der Waals surface area contributed by atoms with Crippen LogP contribution in [-0.2, 0) is 18.6 Å². The number of unbranched alkanes of at least 4 members (excludes halogenated alkanes) is 13. The Morgan fingerprint density at radius 1 is 0.974 bits per heavy atom. The molecule has 2 rings (SSSR count). The van der Waals surface area contributed by atoms with Crippen LogP contribution in [0.3, 0.4) is 0 Å². The molecule has 0 aliphatic carbocycles. The summed E-state index contributed by atoms with van der Waals surface area (Å²) in [7, 11) is -4.80. The summed E-state index contributed by atoms with van der Waals surface area (Å²) < 4.78 is 21.5. The lowest BCUT2D eigenvalue weighted by Gasteiger charge is -2.17. The normalized spacial score (nSPS) is 21.4. The molecule has 5 N–H and O–H groups in total. The fourth-order valence-corrected chi connectivity index (χ4v) is 4.97. The lowest BCUT2D eigenvalue weighted by molar-refractivity contribution is -0.116. The minimum absolute atomic E-state index is 0.0565. The average molecular weight is 576 g/mol. The quantitative estimate of drug-likeness (QED) is 0.113. The molecule has 1 aromatic heterocycles. The molecule has 13 heteroatoms. The predicted octanol–water partition coefficient (Wildman–Crippen LogP) is 3.78. The summed E-state index contributed by atoms with van der Waals surface area (Å²) in [6, 6.07) is 1.37. The number of phosphoric acid groups is 1. The second-order valence-corrected chi connectivity index (χ2v) is 11.5. The molecule has 0 saturated carbocycles. The highest BCUT2D eigenvalue weighted by molar-refractivity contribution is 7.46. The zero-order chi connectivity index (χ0) is 28.7. The molecule has 0 spiro atoms. The highest BCUT2D eigenvalue weighted by atomic mass is 31.2. The number of amides is 1. The van der Waals surface area contributed by atoms with Gasteiger partial charge in [0, 0.05) is 12.6 Å². The first kappa shape index (κ1) is 33.5. The van der Waals surface area contributed by atoms with Crippen LogP contribution in [0.5, 0.6) is 0 Å². The van der Waals surface area contributed by atoms with Gasteiger partial charge in [0.2, 0.25) is 5.91 Å². The molecule has 1 aliphatic rings. The predicted molar refractivity (Wildman–Crippen MR) is 146 cm³/mol. The summed E-state index contributed by atoms with van der Waals surface area (Å²) in [5, 5.41) is 22.9. The Labute approximate surface area is 230 Å². The maximum absolute atomic E-state index is 12.5. The van der Waals surface area contributed by atoms with E-state index in [2.05, 4.69) is 21.7 Å². The molecule has 1 aromatic rings. The van der Waals surface area contributed by atoms with E-state index in [-0.39, 0.29) is 11.7 Å². The van der Waals surface area contributed by atoms with Crippen LogP contribution in [0.15, 0.2) is 17.1 Å². The maximum atomic E-state index is 12.5. The standard InChI is InChI=1S/C26H46N3O9P/c1-2-3-4-5-6-7-8-9-10-11-12-13-14-15-16-22(30)27-21-17-18-29(26(33)28-21)25-24(32)23(31)20(38-25)19-37-39(34,35)36/h17-18,20,23-25,31-32H,2-16,19H2,1H3,(H2,34,35,36)(H,27,28,30,33)/t20-,23-,24-,25-/m1/s1. The van der Waals surface area contributed by atoms with Crippen molar-refractivity contribution in [2.75, 3.05) is 11.9 Å². The van der Waals surface area contributed by atoms with Crippen LogP contribution in [0.25, 0.3) is 0 Å². The number of aliphatic hydroxyl groups excluding tert-OH is 2. The molecule has 224 valence electrons. The lowest BCUT2D eigenvalue weighted by atomic mass is 10.0. The van der Waals surface area contributed by atoms with Crippen molar-refractivity contribution in [2.45, 2.75) is 128 Å².